The summed E-state index contributed by atoms with van der Waals surface area (Å²) in [6.45, 7) is 11.8. The Morgan fingerprint density at radius 2 is 1.74 bits per heavy atom. The van der Waals surface area contributed by atoms with Crippen LogP contribution in [0.3, 0.4) is 0 Å². The van der Waals surface area contributed by atoms with Crippen LogP contribution >= 0.6 is 22.6 Å². The van der Waals surface area contributed by atoms with E-state index in [-0.39, 0.29) is 24.3 Å². The Labute approximate surface area is 235 Å². The van der Waals surface area contributed by atoms with Crippen LogP contribution in [-0.2, 0) is 9.53 Å². The maximum atomic E-state index is 14.8. The molecular weight excluding hydrogens is 612 g/mol. The number of ether oxygens (including phenoxy) is 1. The van der Waals surface area contributed by atoms with Gasteiger partial charge in [0.25, 0.3) is 5.91 Å². The first-order chi connectivity index (χ1) is 17.8. The van der Waals surface area contributed by atoms with Crippen molar-refractivity contribution in [3.8, 4) is 0 Å². The van der Waals surface area contributed by atoms with Crippen LogP contribution in [-0.4, -0.2) is 72.1 Å². The molecular formula is C27H34F3IN4O3. The van der Waals surface area contributed by atoms with Gasteiger partial charge in [-0.15, -0.1) is 0 Å². The van der Waals surface area contributed by atoms with Gasteiger partial charge in [0.15, 0.2) is 17.2 Å². The second kappa shape index (κ2) is 12.6. The fraction of sp³-hybridized carbons (Fsp3) is 0.481. The summed E-state index contributed by atoms with van der Waals surface area (Å²) in [4.78, 5) is 28.9. The lowest BCUT2D eigenvalue weighted by atomic mass is 9.92. The van der Waals surface area contributed by atoms with Gasteiger partial charge in [-0.05, 0) is 80.6 Å². The van der Waals surface area contributed by atoms with Crippen LogP contribution in [0.5, 0.6) is 0 Å². The molecule has 1 amide bonds. The van der Waals surface area contributed by atoms with E-state index < -0.39 is 40.6 Å². The molecule has 2 aromatic carbocycles. The Hall–Kier alpha value is -2.38. The third-order valence-corrected chi connectivity index (χ3v) is 7.11. The maximum Gasteiger partial charge on any atom is 0.303 e. The quantitative estimate of drug-likeness (QED) is 0.205. The van der Waals surface area contributed by atoms with E-state index in [9.17, 15) is 22.8 Å². The Morgan fingerprint density at radius 3 is 2.32 bits per heavy atom. The minimum Gasteiger partial charge on any atom is -0.454 e. The number of rotatable bonds is 11. The molecule has 0 saturated carbocycles. The number of nitrogens with one attached hydrogen (secondary N) is 2. The van der Waals surface area contributed by atoms with Gasteiger partial charge >= 0.3 is 5.97 Å². The number of benzene rings is 2. The van der Waals surface area contributed by atoms with Crippen molar-refractivity contribution in [3.63, 3.8) is 0 Å². The van der Waals surface area contributed by atoms with Crippen molar-refractivity contribution in [2.75, 3.05) is 38.0 Å². The zero-order valence-electron chi connectivity index (χ0n) is 22.2. The van der Waals surface area contributed by atoms with E-state index >= 15 is 0 Å². The number of carbonyl (C=O) groups is 2. The van der Waals surface area contributed by atoms with Crippen LogP contribution in [0.25, 0.3) is 0 Å². The van der Waals surface area contributed by atoms with E-state index in [2.05, 4.69) is 43.2 Å². The summed E-state index contributed by atoms with van der Waals surface area (Å²) in [5, 5.41) is 5.86. The maximum absolute atomic E-state index is 14.8. The van der Waals surface area contributed by atoms with E-state index in [0.717, 1.165) is 18.7 Å². The fourth-order valence-electron chi connectivity index (χ4n) is 4.69. The molecule has 0 bridgehead atoms. The van der Waals surface area contributed by atoms with Crippen molar-refractivity contribution >= 4 is 45.8 Å². The van der Waals surface area contributed by atoms with Crippen LogP contribution in [0.1, 0.15) is 45.0 Å². The molecule has 0 aliphatic carbocycles. The van der Waals surface area contributed by atoms with E-state index in [0.29, 0.717) is 28.7 Å². The first kappa shape index (κ1) is 30.2. The molecule has 208 valence electrons. The summed E-state index contributed by atoms with van der Waals surface area (Å²) in [6, 6.07) is 6.99. The number of anilines is 2. The van der Waals surface area contributed by atoms with Gasteiger partial charge in [0.05, 0.1) is 30.0 Å². The first-order valence-electron chi connectivity index (χ1n) is 12.5. The Morgan fingerprint density at radius 1 is 1.08 bits per heavy atom. The average molecular weight is 646 g/mol. The smallest absolute Gasteiger partial charge is 0.303 e. The van der Waals surface area contributed by atoms with Gasteiger partial charge in [0.1, 0.15) is 5.82 Å². The highest BCUT2D eigenvalue weighted by molar-refractivity contribution is 14.1. The Kier molecular flexibility index (Phi) is 10.0. The van der Waals surface area contributed by atoms with Gasteiger partial charge < -0.3 is 20.3 Å². The van der Waals surface area contributed by atoms with E-state index in [1.54, 1.807) is 6.07 Å². The zero-order valence-corrected chi connectivity index (χ0v) is 24.4. The van der Waals surface area contributed by atoms with Gasteiger partial charge in [-0.3, -0.25) is 14.5 Å². The predicted octanol–water partition coefficient (Wildman–Crippen LogP) is 4.92. The SMILES string of the molecule is CC(=O)OC1(CNCCN(C(C)C)C(C)C)CN(C(=O)c2ccc(F)c(F)c2Nc2ccc(I)cc2F)C1. The predicted molar refractivity (Wildman–Crippen MR) is 149 cm³/mol. The Balaban J connectivity index is 1.73. The number of hydrogen-bond acceptors (Lipinski definition) is 6. The highest BCUT2D eigenvalue weighted by Gasteiger charge is 2.48. The van der Waals surface area contributed by atoms with Crippen LogP contribution in [0, 0.1) is 21.0 Å². The van der Waals surface area contributed by atoms with Crippen molar-refractivity contribution in [3.05, 3.63) is 56.9 Å². The molecule has 0 atom stereocenters. The third kappa shape index (κ3) is 7.17. The molecule has 0 unspecified atom stereocenters. The average Bonchev–Trinajstić information content (AvgIpc) is 2.80. The van der Waals surface area contributed by atoms with Gasteiger partial charge in [-0.2, -0.15) is 0 Å². The number of amides is 1. The molecule has 0 radical (unpaired) electrons. The monoisotopic (exact) mass is 646 g/mol. The topological polar surface area (TPSA) is 73.9 Å². The van der Waals surface area contributed by atoms with E-state index in [1.165, 1.54) is 24.0 Å². The molecule has 3 rings (SSSR count). The van der Waals surface area contributed by atoms with Gasteiger partial charge in [0.2, 0.25) is 0 Å². The molecule has 1 aliphatic rings. The molecule has 1 saturated heterocycles. The van der Waals surface area contributed by atoms with Crippen molar-refractivity contribution in [1.29, 1.82) is 0 Å². The molecule has 1 aliphatic heterocycles. The lowest BCUT2D eigenvalue weighted by molar-refractivity contribution is -0.172. The molecule has 2 N–H and O–H groups in total. The van der Waals surface area contributed by atoms with Crippen LogP contribution < -0.4 is 10.6 Å². The molecule has 1 fully saturated rings. The largest absolute Gasteiger partial charge is 0.454 e. The summed E-state index contributed by atoms with van der Waals surface area (Å²) in [5.74, 6) is -4.20. The second-order valence-corrected chi connectivity index (χ2v) is 11.3. The fourth-order valence-corrected chi connectivity index (χ4v) is 5.15. The van der Waals surface area contributed by atoms with Gasteiger partial charge in [-0.1, -0.05) is 0 Å². The second-order valence-electron chi connectivity index (χ2n) is 10.1. The highest BCUT2D eigenvalue weighted by Crippen LogP contribution is 2.33. The number of likely N-dealkylation sites (tertiary alicyclic amines) is 1. The molecule has 1 heterocycles. The van der Waals surface area contributed by atoms with Gasteiger partial charge in [0, 0.05) is 42.2 Å². The minimum atomic E-state index is -1.29. The summed E-state index contributed by atoms with van der Waals surface area (Å²) < 4.78 is 49.5. The minimum absolute atomic E-state index is 0.0762. The van der Waals surface area contributed by atoms with Crippen molar-refractivity contribution in [2.45, 2.75) is 52.3 Å². The lowest BCUT2D eigenvalue weighted by Crippen LogP contribution is -2.69. The van der Waals surface area contributed by atoms with Crippen LogP contribution in [0.2, 0.25) is 0 Å². The van der Waals surface area contributed by atoms with Crippen LogP contribution in [0.15, 0.2) is 30.3 Å². The number of halogens is 4. The highest BCUT2D eigenvalue weighted by atomic mass is 127. The van der Waals surface area contributed by atoms with E-state index in [1.807, 2.05) is 22.6 Å². The third-order valence-electron chi connectivity index (χ3n) is 6.44. The molecule has 0 aromatic heterocycles. The number of carbonyl (C=O) groups excluding carboxylic acids is 2. The van der Waals surface area contributed by atoms with Crippen molar-refractivity contribution in [1.82, 2.24) is 15.1 Å². The number of esters is 1. The molecule has 38 heavy (non-hydrogen) atoms. The normalized spacial score (nSPS) is 14.7. The first-order valence-corrected chi connectivity index (χ1v) is 13.6. The molecule has 0 spiro atoms. The molecule has 7 nitrogen and oxygen atoms in total. The molecule has 11 heteroatoms. The van der Waals surface area contributed by atoms with Crippen molar-refractivity contribution < 1.29 is 27.5 Å². The standard InChI is InChI=1S/C27H34F3IN4O3/c1-16(2)35(17(3)4)11-10-32-13-27(38-18(5)36)14-34(15-27)26(37)20-7-8-21(28)24(30)25(20)33-23-9-6-19(31)12-22(23)29/h6-9,12,16-17,32-33H,10-11,13-15H2,1-5H3. The summed E-state index contributed by atoms with van der Waals surface area (Å²) in [6.07, 6.45) is 0. The van der Waals surface area contributed by atoms with Crippen LogP contribution in [0.4, 0.5) is 24.5 Å². The molecule has 2 aromatic rings. The summed E-state index contributed by atoms with van der Waals surface area (Å²) in [7, 11) is 0. The summed E-state index contributed by atoms with van der Waals surface area (Å²) >= 11 is 1.93. The van der Waals surface area contributed by atoms with Gasteiger partial charge in [-0.25, -0.2) is 13.2 Å². The Bertz CT molecular complexity index is 1160. The van der Waals surface area contributed by atoms with E-state index in [4.69, 9.17) is 4.74 Å². The summed E-state index contributed by atoms with van der Waals surface area (Å²) in [5.41, 5.74) is -1.64. The lowest BCUT2D eigenvalue weighted by Gasteiger charge is -2.49. The number of hydrogen-bond donors (Lipinski definition) is 2. The zero-order chi connectivity index (χ0) is 28.2. The number of nitrogens with zero attached hydrogens (tertiary/aromatic N) is 2. The van der Waals surface area contributed by atoms with Crippen molar-refractivity contribution in [2.24, 2.45) is 0 Å².